The van der Waals surface area contributed by atoms with Crippen molar-refractivity contribution in [2.24, 2.45) is 0 Å². The summed E-state index contributed by atoms with van der Waals surface area (Å²) >= 11 is 17.3. The van der Waals surface area contributed by atoms with Crippen LogP contribution in [-0.2, 0) is 5.88 Å². The minimum atomic E-state index is -0.588. The Hall–Kier alpha value is -1.37. The molecular formula is C9H5Cl3N4O2. The third-order valence-electron chi connectivity index (χ3n) is 2.11. The monoisotopic (exact) mass is 306 g/mol. The first-order chi connectivity index (χ1) is 8.52. The fourth-order valence-corrected chi connectivity index (χ4v) is 2.08. The van der Waals surface area contributed by atoms with E-state index in [4.69, 9.17) is 34.8 Å². The molecule has 0 bridgehead atoms. The molecule has 0 radical (unpaired) electrons. The molecule has 0 saturated heterocycles. The molecule has 0 aliphatic heterocycles. The van der Waals surface area contributed by atoms with E-state index < -0.39 is 4.92 Å². The van der Waals surface area contributed by atoms with E-state index in [1.165, 1.54) is 23.0 Å². The predicted molar refractivity (Wildman–Crippen MR) is 67.6 cm³/mol. The molecule has 0 unspecified atom stereocenters. The van der Waals surface area contributed by atoms with Crippen molar-refractivity contribution in [1.29, 1.82) is 0 Å². The third-order valence-corrected chi connectivity index (χ3v) is 2.89. The molecule has 18 heavy (non-hydrogen) atoms. The number of rotatable bonds is 3. The molecule has 0 N–H and O–H groups in total. The normalized spacial score (nSPS) is 10.6. The molecule has 2 aromatic rings. The second-order valence-electron chi connectivity index (χ2n) is 3.30. The first-order valence-corrected chi connectivity index (χ1v) is 5.93. The molecule has 1 aromatic carbocycles. The average molecular weight is 308 g/mol. The van der Waals surface area contributed by atoms with Crippen LogP contribution in [0.4, 0.5) is 5.69 Å². The van der Waals surface area contributed by atoms with Gasteiger partial charge < -0.3 is 0 Å². The van der Waals surface area contributed by atoms with Crippen LogP contribution in [0, 0.1) is 10.1 Å². The molecule has 0 saturated carbocycles. The topological polar surface area (TPSA) is 73.8 Å². The molecule has 0 spiro atoms. The molecule has 0 aliphatic rings. The van der Waals surface area contributed by atoms with Gasteiger partial charge in [-0.2, -0.15) is 0 Å². The van der Waals surface area contributed by atoms with E-state index in [0.717, 1.165) is 0 Å². The lowest BCUT2D eigenvalue weighted by molar-refractivity contribution is -0.384. The Morgan fingerprint density at radius 1 is 1.39 bits per heavy atom. The quantitative estimate of drug-likeness (QED) is 0.496. The highest BCUT2D eigenvalue weighted by Crippen LogP contribution is 2.33. The molecule has 6 nitrogen and oxygen atoms in total. The number of nitro groups is 1. The summed E-state index contributed by atoms with van der Waals surface area (Å²) in [4.78, 5) is 10.4. The SMILES string of the molecule is O=[N+]([O-])c1cc(Cl)cc(Cl)c1-n1cc(CCl)nn1. The lowest BCUT2D eigenvalue weighted by atomic mass is 10.2. The highest BCUT2D eigenvalue weighted by molar-refractivity contribution is 6.36. The van der Waals surface area contributed by atoms with E-state index >= 15 is 0 Å². The summed E-state index contributed by atoms with van der Waals surface area (Å²) in [5.74, 6) is 0.152. The van der Waals surface area contributed by atoms with E-state index in [-0.39, 0.29) is 27.3 Å². The maximum absolute atomic E-state index is 11.0. The smallest absolute Gasteiger partial charge is 0.258 e. The summed E-state index contributed by atoms with van der Waals surface area (Å²) in [6.07, 6.45) is 1.47. The van der Waals surface area contributed by atoms with Crippen molar-refractivity contribution in [3.8, 4) is 5.69 Å². The molecule has 2 rings (SSSR count). The van der Waals surface area contributed by atoms with Crippen molar-refractivity contribution in [2.75, 3.05) is 0 Å². The van der Waals surface area contributed by atoms with Gasteiger partial charge in [0, 0.05) is 11.1 Å². The number of nitro benzene ring substituents is 1. The van der Waals surface area contributed by atoms with Gasteiger partial charge in [-0.15, -0.1) is 16.7 Å². The summed E-state index contributed by atoms with van der Waals surface area (Å²) in [5, 5.41) is 18.7. The lowest BCUT2D eigenvalue weighted by Crippen LogP contribution is -2.02. The maximum Gasteiger partial charge on any atom is 0.297 e. The second-order valence-corrected chi connectivity index (χ2v) is 4.41. The van der Waals surface area contributed by atoms with E-state index in [2.05, 4.69) is 10.3 Å². The van der Waals surface area contributed by atoms with Crippen molar-refractivity contribution in [1.82, 2.24) is 15.0 Å². The lowest BCUT2D eigenvalue weighted by Gasteiger charge is -2.05. The van der Waals surface area contributed by atoms with Gasteiger partial charge in [-0.05, 0) is 6.07 Å². The van der Waals surface area contributed by atoms with Crippen LogP contribution >= 0.6 is 34.8 Å². The molecule has 0 amide bonds. The number of hydrogen-bond donors (Lipinski definition) is 0. The molecule has 9 heteroatoms. The molecule has 0 fully saturated rings. The summed E-state index contributed by atoms with van der Waals surface area (Å²) in [7, 11) is 0. The number of nitrogens with zero attached hydrogens (tertiary/aromatic N) is 4. The van der Waals surface area contributed by atoms with E-state index in [1.54, 1.807) is 0 Å². The highest BCUT2D eigenvalue weighted by atomic mass is 35.5. The first-order valence-electron chi connectivity index (χ1n) is 4.64. The Bertz CT molecular complexity index is 614. The Kier molecular flexibility index (Phi) is 3.70. The Labute approximate surface area is 116 Å². The van der Waals surface area contributed by atoms with Gasteiger partial charge in [0.25, 0.3) is 5.69 Å². The summed E-state index contributed by atoms with van der Waals surface area (Å²) in [6.45, 7) is 0. The van der Waals surface area contributed by atoms with Gasteiger partial charge in [-0.1, -0.05) is 28.4 Å². The summed E-state index contributed by atoms with van der Waals surface area (Å²) in [5.41, 5.74) is 0.338. The first kappa shape index (κ1) is 13.1. The molecule has 1 aromatic heterocycles. The van der Waals surface area contributed by atoms with E-state index in [0.29, 0.717) is 5.69 Å². The molecule has 1 heterocycles. The van der Waals surface area contributed by atoms with Crippen molar-refractivity contribution in [3.05, 3.63) is 44.2 Å². The van der Waals surface area contributed by atoms with Gasteiger partial charge in [0.1, 0.15) is 0 Å². The van der Waals surface area contributed by atoms with Crippen LogP contribution < -0.4 is 0 Å². The molecule has 94 valence electrons. The van der Waals surface area contributed by atoms with Crippen molar-refractivity contribution >= 4 is 40.5 Å². The van der Waals surface area contributed by atoms with Crippen LogP contribution in [0.25, 0.3) is 5.69 Å². The summed E-state index contributed by atoms with van der Waals surface area (Å²) in [6, 6.07) is 2.60. The van der Waals surface area contributed by atoms with E-state index in [9.17, 15) is 10.1 Å². The number of aromatic nitrogens is 3. The van der Waals surface area contributed by atoms with Crippen LogP contribution in [0.1, 0.15) is 5.69 Å². The minimum Gasteiger partial charge on any atom is -0.258 e. The van der Waals surface area contributed by atoms with Crippen molar-refractivity contribution in [2.45, 2.75) is 5.88 Å². The number of halogens is 3. The van der Waals surface area contributed by atoms with Gasteiger partial charge >= 0.3 is 0 Å². The zero-order valence-electron chi connectivity index (χ0n) is 8.68. The van der Waals surface area contributed by atoms with Gasteiger partial charge in [-0.25, -0.2) is 4.68 Å². The van der Waals surface area contributed by atoms with Gasteiger partial charge in [0.2, 0.25) is 0 Å². The van der Waals surface area contributed by atoms with E-state index in [1.807, 2.05) is 0 Å². The fourth-order valence-electron chi connectivity index (χ4n) is 1.39. The van der Waals surface area contributed by atoms with Crippen LogP contribution in [0.2, 0.25) is 10.0 Å². The van der Waals surface area contributed by atoms with Crippen LogP contribution in [-0.4, -0.2) is 19.9 Å². The molecular weight excluding hydrogens is 302 g/mol. The highest BCUT2D eigenvalue weighted by Gasteiger charge is 2.21. The molecule has 0 aliphatic carbocycles. The summed E-state index contributed by atoms with van der Waals surface area (Å²) < 4.78 is 1.20. The van der Waals surface area contributed by atoms with Crippen LogP contribution in [0.5, 0.6) is 0 Å². The van der Waals surface area contributed by atoms with Gasteiger partial charge in [-0.3, -0.25) is 10.1 Å². The standard InChI is InChI=1S/C9H5Cl3N4O2/c10-3-6-4-15(14-13-6)9-7(12)1-5(11)2-8(9)16(17)18/h1-2,4H,3H2. The predicted octanol–water partition coefficient (Wildman–Crippen LogP) is 3.22. The molecule has 0 atom stereocenters. The average Bonchev–Trinajstić information content (AvgIpc) is 2.76. The zero-order chi connectivity index (χ0) is 13.3. The van der Waals surface area contributed by atoms with Crippen molar-refractivity contribution in [3.63, 3.8) is 0 Å². The number of benzene rings is 1. The maximum atomic E-state index is 11.0. The van der Waals surface area contributed by atoms with Crippen LogP contribution in [0.15, 0.2) is 18.3 Å². The minimum absolute atomic E-state index is 0.106. The number of hydrogen-bond acceptors (Lipinski definition) is 4. The van der Waals surface area contributed by atoms with Gasteiger partial charge in [0.05, 0.1) is 27.7 Å². The Balaban J connectivity index is 2.65. The number of alkyl halides is 1. The van der Waals surface area contributed by atoms with Gasteiger partial charge in [0.15, 0.2) is 5.69 Å². The Morgan fingerprint density at radius 2 is 2.11 bits per heavy atom. The largest absolute Gasteiger partial charge is 0.297 e. The Morgan fingerprint density at radius 3 is 2.67 bits per heavy atom. The second kappa shape index (κ2) is 5.09. The fraction of sp³-hybridized carbons (Fsp3) is 0.111. The third kappa shape index (κ3) is 2.40. The van der Waals surface area contributed by atoms with Crippen LogP contribution in [0.3, 0.4) is 0 Å². The zero-order valence-corrected chi connectivity index (χ0v) is 10.9. The van der Waals surface area contributed by atoms with Crippen molar-refractivity contribution < 1.29 is 4.92 Å².